The van der Waals surface area contributed by atoms with E-state index < -0.39 is 0 Å². The lowest BCUT2D eigenvalue weighted by molar-refractivity contribution is 0.0715. The first kappa shape index (κ1) is 17.8. The van der Waals surface area contributed by atoms with Crippen LogP contribution < -0.4 is 4.74 Å². The van der Waals surface area contributed by atoms with Gasteiger partial charge in [0.2, 0.25) is 0 Å². The maximum Gasteiger partial charge on any atom is 0.274 e. The molecule has 3 rings (SSSR count). The van der Waals surface area contributed by atoms with E-state index in [0.29, 0.717) is 37.4 Å². The molecule has 0 N–H and O–H groups in total. The van der Waals surface area contributed by atoms with Crippen LogP contribution in [0.5, 0.6) is 5.75 Å². The summed E-state index contributed by atoms with van der Waals surface area (Å²) in [4.78, 5) is 36.9. The van der Waals surface area contributed by atoms with E-state index >= 15 is 0 Å². The van der Waals surface area contributed by atoms with Gasteiger partial charge in [-0.15, -0.1) is 0 Å². The highest BCUT2D eigenvalue weighted by Crippen LogP contribution is 2.20. The first-order valence-electron chi connectivity index (χ1n) is 8.59. The molecule has 0 saturated carbocycles. The lowest BCUT2D eigenvalue weighted by atomic mass is 10.1. The van der Waals surface area contributed by atoms with Crippen LogP contribution in [0.1, 0.15) is 32.8 Å². The summed E-state index contributed by atoms with van der Waals surface area (Å²) in [6, 6.07) is 5.43. The van der Waals surface area contributed by atoms with Crippen LogP contribution in [-0.4, -0.2) is 64.9 Å². The van der Waals surface area contributed by atoms with Crippen LogP contribution in [0.25, 0.3) is 0 Å². The molecule has 1 aliphatic rings. The van der Waals surface area contributed by atoms with E-state index in [1.165, 1.54) is 18.6 Å². The van der Waals surface area contributed by atoms with Gasteiger partial charge in [0.1, 0.15) is 11.4 Å². The standard InChI is InChI=1S/C19H22N4O3/c1-14-12-15(4-5-17(14)26-2)18(24)22-8-3-9-23(11-10-22)19(25)16-13-20-6-7-21-16/h4-7,12-13H,3,8-11H2,1-2H3. The second-order valence-corrected chi connectivity index (χ2v) is 6.21. The molecule has 1 fully saturated rings. The first-order valence-corrected chi connectivity index (χ1v) is 8.59. The molecular formula is C19H22N4O3. The van der Waals surface area contributed by atoms with Crippen molar-refractivity contribution in [2.24, 2.45) is 0 Å². The van der Waals surface area contributed by atoms with Crippen molar-refractivity contribution < 1.29 is 14.3 Å². The molecule has 136 valence electrons. The molecule has 0 radical (unpaired) electrons. The fraction of sp³-hybridized carbons (Fsp3) is 0.368. The molecule has 1 aliphatic heterocycles. The second kappa shape index (κ2) is 7.95. The van der Waals surface area contributed by atoms with Crippen molar-refractivity contribution in [3.63, 3.8) is 0 Å². The van der Waals surface area contributed by atoms with E-state index in [-0.39, 0.29) is 11.8 Å². The fourth-order valence-corrected chi connectivity index (χ4v) is 3.09. The van der Waals surface area contributed by atoms with Crippen LogP contribution in [0.4, 0.5) is 0 Å². The summed E-state index contributed by atoms with van der Waals surface area (Å²) in [6.45, 7) is 4.11. The highest BCUT2D eigenvalue weighted by atomic mass is 16.5. The largest absolute Gasteiger partial charge is 0.496 e. The number of ether oxygens (including phenoxy) is 1. The van der Waals surface area contributed by atoms with Gasteiger partial charge in [-0.3, -0.25) is 14.6 Å². The van der Waals surface area contributed by atoms with Gasteiger partial charge in [0.25, 0.3) is 11.8 Å². The van der Waals surface area contributed by atoms with E-state index in [2.05, 4.69) is 9.97 Å². The quantitative estimate of drug-likeness (QED) is 0.840. The van der Waals surface area contributed by atoms with Gasteiger partial charge in [-0.1, -0.05) is 0 Å². The Morgan fingerprint density at radius 1 is 1.04 bits per heavy atom. The minimum absolute atomic E-state index is 0.0236. The van der Waals surface area contributed by atoms with Gasteiger partial charge in [-0.25, -0.2) is 4.98 Å². The fourth-order valence-electron chi connectivity index (χ4n) is 3.09. The Morgan fingerprint density at radius 2 is 1.77 bits per heavy atom. The van der Waals surface area contributed by atoms with Crippen molar-refractivity contribution >= 4 is 11.8 Å². The molecule has 2 amide bonds. The summed E-state index contributed by atoms with van der Waals surface area (Å²) >= 11 is 0. The normalized spacial score (nSPS) is 14.7. The van der Waals surface area contributed by atoms with E-state index in [4.69, 9.17) is 4.74 Å². The zero-order chi connectivity index (χ0) is 18.5. The van der Waals surface area contributed by atoms with Gasteiger partial charge in [0, 0.05) is 44.1 Å². The van der Waals surface area contributed by atoms with Crippen LogP contribution >= 0.6 is 0 Å². The third-order valence-electron chi connectivity index (χ3n) is 4.49. The van der Waals surface area contributed by atoms with E-state index in [9.17, 15) is 9.59 Å². The average Bonchev–Trinajstić information content (AvgIpc) is 2.93. The van der Waals surface area contributed by atoms with Crippen molar-refractivity contribution in [2.75, 3.05) is 33.3 Å². The molecular weight excluding hydrogens is 332 g/mol. The highest BCUT2D eigenvalue weighted by Gasteiger charge is 2.24. The summed E-state index contributed by atoms with van der Waals surface area (Å²) in [5.74, 6) is 0.593. The molecule has 0 atom stereocenters. The molecule has 1 aromatic heterocycles. The van der Waals surface area contributed by atoms with Crippen molar-refractivity contribution in [1.82, 2.24) is 19.8 Å². The molecule has 1 saturated heterocycles. The summed E-state index contributed by atoms with van der Waals surface area (Å²) in [5, 5.41) is 0. The number of rotatable bonds is 3. The van der Waals surface area contributed by atoms with Crippen LogP contribution in [0.2, 0.25) is 0 Å². The Balaban J connectivity index is 1.67. The van der Waals surface area contributed by atoms with E-state index in [0.717, 1.165) is 17.7 Å². The van der Waals surface area contributed by atoms with Gasteiger partial charge in [-0.2, -0.15) is 0 Å². The molecule has 7 nitrogen and oxygen atoms in total. The SMILES string of the molecule is COc1ccc(C(=O)N2CCCN(C(=O)c3cnccn3)CC2)cc1C. The molecule has 2 heterocycles. The number of carbonyl (C=O) groups excluding carboxylic acids is 2. The molecule has 0 bridgehead atoms. The zero-order valence-electron chi connectivity index (χ0n) is 15.0. The molecule has 0 aliphatic carbocycles. The van der Waals surface area contributed by atoms with Gasteiger partial charge in [-0.05, 0) is 37.1 Å². The van der Waals surface area contributed by atoms with Gasteiger partial charge < -0.3 is 14.5 Å². The lowest BCUT2D eigenvalue weighted by Gasteiger charge is -2.22. The Labute approximate surface area is 152 Å². The average molecular weight is 354 g/mol. The summed E-state index contributed by atoms with van der Waals surface area (Å²) < 4.78 is 5.25. The molecule has 2 aromatic rings. The predicted molar refractivity (Wildman–Crippen MR) is 96.2 cm³/mol. The monoisotopic (exact) mass is 354 g/mol. The maximum absolute atomic E-state index is 12.8. The summed E-state index contributed by atoms with van der Waals surface area (Å²) in [7, 11) is 1.61. The van der Waals surface area contributed by atoms with E-state index in [1.807, 2.05) is 19.1 Å². The smallest absolute Gasteiger partial charge is 0.274 e. The minimum atomic E-state index is -0.146. The Bertz CT molecular complexity index is 795. The maximum atomic E-state index is 12.8. The number of carbonyl (C=O) groups is 2. The number of benzene rings is 1. The van der Waals surface area contributed by atoms with E-state index in [1.54, 1.807) is 23.0 Å². The molecule has 7 heteroatoms. The summed E-state index contributed by atoms with van der Waals surface area (Å²) in [6.07, 6.45) is 5.24. The van der Waals surface area contributed by atoms with Crippen molar-refractivity contribution in [1.29, 1.82) is 0 Å². The Kier molecular flexibility index (Phi) is 5.46. The van der Waals surface area contributed by atoms with Crippen LogP contribution in [-0.2, 0) is 0 Å². The van der Waals surface area contributed by atoms with Gasteiger partial charge >= 0.3 is 0 Å². The number of hydrogen-bond donors (Lipinski definition) is 0. The van der Waals surface area contributed by atoms with Crippen LogP contribution in [0, 0.1) is 6.92 Å². The van der Waals surface area contributed by atoms with Crippen LogP contribution in [0.15, 0.2) is 36.8 Å². The summed E-state index contributed by atoms with van der Waals surface area (Å²) in [5.41, 5.74) is 1.89. The molecule has 0 unspecified atom stereocenters. The third-order valence-corrected chi connectivity index (χ3v) is 4.49. The van der Waals surface area contributed by atoms with Crippen molar-refractivity contribution in [3.8, 4) is 5.75 Å². The highest BCUT2D eigenvalue weighted by molar-refractivity contribution is 5.95. The lowest BCUT2D eigenvalue weighted by Crippen LogP contribution is -2.37. The number of aromatic nitrogens is 2. The molecule has 0 spiro atoms. The third kappa shape index (κ3) is 3.82. The van der Waals surface area contributed by atoms with Crippen molar-refractivity contribution in [2.45, 2.75) is 13.3 Å². The predicted octanol–water partition coefficient (Wildman–Crippen LogP) is 1.78. The van der Waals surface area contributed by atoms with Crippen LogP contribution in [0.3, 0.4) is 0 Å². The number of methoxy groups -OCH3 is 1. The number of hydrogen-bond acceptors (Lipinski definition) is 5. The molecule has 1 aromatic carbocycles. The first-order chi connectivity index (χ1) is 12.6. The topological polar surface area (TPSA) is 75.6 Å². The second-order valence-electron chi connectivity index (χ2n) is 6.21. The Hall–Kier alpha value is -2.96. The molecule has 26 heavy (non-hydrogen) atoms. The van der Waals surface area contributed by atoms with Gasteiger partial charge in [0.15, 0.2) is 0 Å². The van der Waals surface area contributed by atoms with Gasteiger partial charge in [0.05, 0.1) is 13.3 Å². The zero-order valence-corrected chi connectivity index (χ0v) is 15.0. The number of nitrogens with zero attached hydrogens (tertiary/aromatic N) is 4. The Morgan fingerprint density at radius 3 is 2.38 bits per heavy atom. The van der Waals surface area contributed by atoms with Crippen molar-refractivity contribution in [3.05, 3.63) is 53.6 Å². The number of aryl methyl sites for hydroxylation is 1. The number of amides is 2. The minimum Gasteiger partial charge on any atom is -0.496 e.